The smallest absolute Gasteiger partial charge is 0.191 e. The van der Waals surface area contributed by atoms with Crippen LogP contribution < -0.4 is 10.6 Å². The van der Waals surface area contributed by atoms with E-state index in [4.69, 9.17) is 0 Å². The molecule has 0 saturated carbocycles. The molecular weight excluding hydrogens is 453 g/mol. The van der Waals surface area contributed by atoms with E-state index in [2.05, 4.69) is 26.8 Å². The number of hydrogen-bond donors (Lipinski definition) is 2. The van der Waals surface area contributed by atoms with Crippen molar-refractivity contribution in [3.63, 3.8) is 0 Å². The summed E-state index contributed by atoms with van der Waals surface area (Å²) in [5.74, 6) is 0.641. The van der Waals surface area contributed by atoms with Gasteiger partial charge in [0.25, 0.3) is 0 Å². The molecule has 0 unspecified atom stereocenters. The maximum absolute atomic E-state index is 11.8. The van der Waals surface area contributed by atoms with E-state index in [0.717, 1.165) is 37.4 Å². The molecule has 0 aliphatic carbocycles. The number of aryl methyl sites for hydroxylation is 3. The van der Waals surface area contributed by atoms with Gasteiger partial charge in [-0.1, -0.05) is 0 Å². The molecule has 0 fully saturated rings. The standard InChI is InChI=1S/C16H31N5O2S.HI/c1-7-17-15(19-12-16(4,5)24(6,22)23)18-9-8-10-21-14(3)11-13(2)20-21;/h11H,7-10,12H2,1-6H3,(H2,17,18,19);1H. The predicted octanol–water partition coefficient (Wildman–Crippen LogP) is 1.89. The summed E-state index contributed by atoms with van der Waals surface area (Å²) in [5.41, 5.74) is 2.18. The molecule has 1 aromatic heterocycles. The van der Waals surface area contributed by atoms with Gasteiger partial charge in [0.2, 0.25) is 0 Å². The molecule has 2 N–H and O–H groups in total. The van der Waals surface area contributed by atoms with E-state index in [1.165, 1.54) is 6.26 Å². The van der Waals surface area contributed by atoms with Crippen molar-refractivity contribution < 1.29 is 8.42 Å². The van der Waals surface area contributed by atoms with Gasteiger partial charge in [-0.3, -0.25) is 9.67 Å². The number of aromatic nitrogens is 2. The molecule has 0 spiro atoms. The largest absolute Gasteiger partial charge is 0.357 e. The van der Waals surface area contributed by atoms with E-state index >= 15 is 0 Å². The van der Waals surface area contributed by atoms with Gasteiger partial charge in [0.1, 0.15) is 0 Å². The maximum atomic E-state index is 11.8. The third kappa shape index (κ3) is 7.93. The molecule has 0 aromatic carbocycles. The monoisotopic (exact) mass is 485 g/mol. The second kappa shape index (κ2) is 10.3. The van der Waals surface area contributed by atoms with Gasteiger partial charge in [0.15, 0.2) is 15.8 Å². The fraction of sp³-hybridized carbons (Fsp3) is 0.750. The summed E-state index contributed by atoms with van der Waals surface area (Å²) in [5, 5.41) is 10.8. The Morgan fingerprint density at radius 2 is 1.96 bits per heavy atom. The van der Waals surface area contributed by atoms with Gasteiger partial charge in [-0.15, -0.1) is 24.0 Å². The van der Waals surface area contributed by atoms with E-state index < -0.39 is 14.6 Å². The van der Waals surface area contributed by atoms with E-state index in [0.29, 0.717) is 5.96 Å². The summed E-state index contributed by atoms with van der Waals surface area (Å²) in [4.78, 5) is 4.41. The average molecular weight is 485 g/mol. The van der Waals surface area contributed by atoms with Gasteiger partial charge in [-0.05, 0) is 47.1 Å². The topological polar surface area (TPSA) is 88.4 Å². The van der Waals surface area contributed by atoms with E-state index in [9.17, 15) is 8.42 Å². The van der Waals surface area contributed by atoms with Crippen LogP contribution in [-0.4, -0.2) is 54.8 Å². The fourth-order valence-corrected chi connectivity index (χ4v) is 2.36. The van der Waals surface area contributed by atoms with Gasteiger partial charge in [0, 0.05) is 31.6 Å². The van der Waals surface area contributed by atoms with Crippen molar-refractivity contribution in [3.8, 4) is 0 Å². The highest BCUT2D eigenvalue weighted by atomic mass is 127. The van der Waals surface area contributed by atoms with E-state index in [1.807, 2.05) is 25.5 Å². The van der Waals surface area contributed by atoms with Crippen molar-refractivity contribution in [2.45, 2.75) is 52.3 Å². The summed E-state index contributed by atoms with van der Waals surface area (Å²) in [6.45, 7) is 11.9. The Kier molecular flexibility index (Phi) is 10.00. The van der Waals surface area contributed by atoms with Crippen LogP contribution in [0.4, 0.5) is 0 Å². The number of nitrogens with zero attached hydrogens (tertiary/aromatic N) is 3. The first-order valence-corrected chi connectivity index (χ1v) is 10.2. The molecule has 25 heavy (non-hydrogen) atoms. The number of halogens is 1. The van der Waals surface area contributed by atoms with Crippen LogP contribution in [0.2, 0.25) is 0 Å². The molecule has 0 atom stereocenters. The molecule has 9 heteroatoms. The Balaban J connectivity index is 0.00000576. The van der Waals surface area contributed by atoms with Crippen LogP contribution in [0, 0.1) is 13.8 Å². The average Bonchev–Trinajstić information content (AvgIpc) is 2.77. The van der Waals surface area contributed by atoms with E-state index in [1.54, 1.807) is 13.8 Å². The van der Waals surface area contributed by atoms with Crippen molar-refractivity contribution in [3.05, 3.63) is 17.5 Å². The Hall–Kier alpha value is -0.840. The minimum Gasteiger partial charge on any atom is -0.357 e. The first-order chi connectivity index (χ1) is 11.1. The number of guanidine groups is 1. The molecule has 1 aromatic rings. The Labute approximate surface area is 169 Å². The molecule has 1 rings (SSSR count). The van der Waals surface area contributed by atoms with Crippen LogP contribution >= 0.6 is 24.0 Å². The summed E-state index contributed by atoms with van der Waals surface area (Å²) >= 11 is 0. The fourth-order valence-electron chi connectivity index (χ4n) is 2.07. The first-order valence-electron chi connectivity index (χ1n) is 8.29. The molecule has 146 valence electrons. The first kappa shape index (κ1) is 24.2. The highest BCUT2D eigenvalue weighted by Gasteiger charge is 2.29. The summed E-state index contributed by atoms with van der Waals surface area (Å²) in [7, 11) is -3.15. The number of aliphatic imine (C=N–C) groups is 1. The highest BCUT2D eigenvalue weighted by Crippen LogP contribution is 2.15. The normalized spacial score (nSPS) is 12.6. The summed E-state index contributed by atoms with van der Waals surface area (Å²) in [6, 6.07) is 2.06. The molecule has 0 radical (unpaired) electrons. The molecular formula is C16H32IN5O2S. The third-order valence-electron chi connectivity index (χ3n) is 3.91. The zero-order valence-corrected chi connectivity index (χ0v) is 19.2. The lowest BCUT2D eigenvalue weighted by atomic mass is 10.2. The van der Waals surface area contributed by atoms with Crippen LogP contribution in [0.1, 0.15) is 38.6 Å². The number of rotatable bonds is 8. The minimum atomic E-state index is -3.15. The van der Waals surface area contributed by atoms with Crippen LogP contribution in [0.25, 0.3) is 0 Å². The van der Waals surface area contributed by atoms with Gasteiger partial charge in [-0.2, -0.15) is 5.10 Å². The van der Waals surface area contributed by atoms with Crippen LogP contribution in [0.3, 0.4) is 0 Å². The zero-order chi connectivity index (χ0) is 18.4. The number of hydrogen-bond acceptors (Lipinski definition) is 4. The Morgan fingerprint density at radius 3 is 2.44 bits per heavy atom. The molecule has 0 bridgehead atoms. The predicted molar refractivity (Wildman–Crippen MR) is 115 cm³/mol. The quantitative estimate of drug-likeness (QED) is 0.254. The van der Waals surface area contributed by atoms with Gasteiger partial charge < -0.3 is 10.6 Å². The maximum Gasteiger partial charge on any atom is 0.191 e. The minimum absolute atomic E-state index is 0. The van der Waals surface area contributed by atoms with Crippen LogP contribution in [-0.2, 0) is 16.4 Å². The Bertz CT molecular complexity index is 668. The molecule has 0 aliphatic heterocycles. The number of sulfone groups is 1. The SMILES string of the molecule is CCNC(=NCC(C)(C)S(C)(=O)=O)NCCCn1nc(C)cc1C.I. The van der Waals surface area contributed by atoms with Crippen molar-refractivity contribution in [1.29, 1.82) is 0 Å². The number of nitrogens with one attached hydrogen (secondary N) is 2. The second-order valence-corrected chi connectivity index (χ2v) is 9.31. The molecule has 7 nitrogen and oxygen atoms in total. The molecule has 1 heterocycles. The highest BCUT2D eigenvalue weighted by molar-refractivity contribution is 14.0. The summed E-state index contributed by atoms with van der Waals surface area (Å²) in [6.07, 6.45) is 2.15. The molecule has 0 saturated heterocycles. The summed E-state index contributed by atoms with van der Waals surface area (Å²) < 4.78 is 24.6. The zero-order valence-electron chi connectivity index (χ0n) is 16.1. The van der Waals surface area contributed by atoms with Gasteiger partial charge >= 0.3 is 0 Å². The third-order valence-corrected chi connectivity index (χ3v) is 6.05. The van der Waals surface area contributed by atoms with Gasteiger partial charge in [0.05, 0.1) is 17.0 Å². The van der Waals surface area contributed by atoms with Crippen molar-refractivity contribution >= 4 is 39.8 Å². The van der Waals surface area contributed by atoms with Crippen molar-refractivity contribution in [2.24, 2.45) is 4.99 Å². The van der Waals surface area contributed by atoms with Crippen molar-refractivity contribution in [1.82, 2.24) is 20.4 Å². The Morgan fingerprint density at radius 1 is 1.32 bits per heavy atom. The lowest BCUT2D eigenvalue weighted by Crippen LogP contribution is -2.41. The van der Waals surface area contributed by atoms with Crippen LogP contribution in [0.15, 0.2) is 11.1 Å². The molecule has 0 amide bonds. The molecule has 0 aliphatic rings. The lowest BCUT2D eigenvalue weighted by molar-refractivity contribution is 0.549. The van der Waals surface area contributed by atoms with E-state index in [-0.39, 0.29) is 30.5 Å². The lowest BCUT2D eigenvalue weighted by Gasteiger charge is -2.21. The van der Waals surface area contributed by atoms with Crippen molar-refractivity contribution in [2.75, 3.05) is 25.9 Å². The van der Waals surface area contributed by atoms with Gasteiger partial charge in [-0.25, -0.2) is 8.42 Å². The second-order valence-electron chi connectivity index (χ2n) is 6.66. The van der Waals surface area contributed by atoms with Crippen LogP contribution in [0.5, 0.6) is 0 Å².